The van der Waals surface area contributed by atoms with E-state index in [-0.39, 0.29) is 18.4 Å². The molecule has 3 rings (SSSR count). The van der Waals surface area contributed by atoms with Crippen LogP contribution in [0, 0.1) is 12.8 Å². The molecule has 0 spiro atoms. The van der Waals surface area contributed by atoms with E-state index < -0.39 is 10.0 Å². The lowest BCUT2D eigenvalue weighted by Crippen LogP contribution is -2.45. The quantitative estimate of drug-likeness (QED) is 0.822. The van der Waals surface area contributed by atoms with Gasteiger partial charge in [-0.3, -0.25) is 4.79 Å². The average Bonchev–Trinajstić information content (AvgIpc) is 3.17. The molecule has 0 bridgehead atoms. The summed E-state index contributed by atoms with van der Waals surface area (Å²) in [6, 6.07) is 11.6. The summed E-state index contributed by atoms with van der Waals surface area (Å²) in [4.78, 5) is 12.5. The summed E-state index contributed by atoms with van der Waals surface area (Å²) in [6.45, 7) is 3.35. The van der Waals surface area contributed by atoms with Gasteiger partial charge in [-0.05, 0) is 43.2 Å². The van der Waals surface area contributed by atoms with E-state index >= 15 is 0 Å². The normalized spacial score (nSPS) is 18.6. The second kappa shape index (κ2) is 8.33. The van der Waals surface area contributed by atoms with Gasteiger partial charge in [-0.1, -0.05) is 35.9 Å². The lowest BCUT2D eigenvalue weighted by Gasteiger charge is -2.30. The highest BCUT2D eigenvalue weighted by Crippen LogP contribution is 2.26. The first-order valence-corrected chi connectivity index (χ1v) is 11.2. The molecule has 1 amide bonds. The van der Waals surface area contributed by atoms with Crippen molar-refractivity contribution in [2.75, 3.05) is 19.6 Å². The molecule has 2 heterocycles. The fourth-order valence-corrected chi connectivity index (χ4v) is 5.92. The number of thiophene rings is 1. The van der Waals surface area contributed by atoms with Crippen molar-refractivity contribution < 1.29 is 13.2 Å². The van der Waals surface area contributed by atoms with Gasteiger partial charge in [-0.2, -0.15) is 4.31 Å². The predicted octanol–water partition coefficient (Wildman–Crippen LogP) is 2.82. The number of carbonyl (C=O) groups excluding carboxylic acids is 1. The molecule has 26 heavy (non-hydrogen) atoms. The summed E-state index contributed by atoms with van der Waals surface area (Å²) in [5.74, 6) is -0.334. The van der Waals surface area contributed by atoms with E-state index in [1.807, 2.05) is 19.1 Å². The third-order valence-corrected chi connectivity index (χ3v) is 7.88. The van der Waals surface area contributed by atoms with E-state index in [1.54, 1.807) is 17.5 Å². The third kappa shape index (κ3) is 4.52. The van der Waals surface area contributed by atoms with E-state index in [9.17, 15) is 13.2 Å². The van der Waals surface area contributed by atoms with Crippen LogP contribution in [-0.4, -0.2) is 38.3 Å². The highest BCUT2D eigenvalue weighted by Gasteiger charge is 2.33. The Kier molecular flexibility index (Phi) is 6.11. The summed E-state index contributed by atoms with van der Waals surface area (Å²) in [7, 11) is -3.48. The van der Waals surface area contributed by atoms with Gasteiger partial charge in [0.15, 0.2) is 0 Å². The van der Waals surface area contributed by atoms with Crippen molar-refractivity contribution in [3.05, 3.63) is 52.9 Å². The number of aryl methyl sites for hydroxylation is 1. The van der Waals surface area contributed by atoms with E-state index in [0.29, 0.717) is 23.7 Å². The fraction of sp³-hybridized carbons (Fsp3) is 0.421. The van der Waals surface area contributed by atoms with Crippen molar-refractivity contribution in [1.29, 1.82) is 0 Å². The minimum atomic E-state index is -3.48. The summed E-state index contributed by atoms with van der Waals surface area (Å²) >= 11 is 1.22. The SMILES string of the molecule is Cc1cccc(CCNC(=O)[C@@H]2CCCN(S(=O)(=O)c3cccs3)C2)c1. The van der Waals surface area contributed by atoms with E-state index in [1.165, 1.54) is 26.8 Å². The molecule has 7 heteroatoms. The maximum absolute atomic E-state index is 12.7. The molecule has 0 radical (unpaired) electrons. The fourth-order valence-electron chi connectivity index (χ4n) is 3.25. The van der Waals surface area contributed by atoms with Crippen molar-refractivity contribution in [1.82, 2.24) is 9.62 Å². The Balaban J connectivity index is 1.55. The number of nitrogens with one attached hydrogen (secondary N) is 1. The topological polar surface area (TPSA) is 66.5 Å². The molecule has 0 saturated carbocycles. The minimum absolute atomic E-state index is 0.0521. The molecule has 5 nitrogen and oxygen atoms in total. The molecule has 0 unspecified atom stereocenters. The molecule has 1 aromatic heterocycles. The monoisotopic (exact) mass is 392 g/mol. The van der Waals surface area contributed by atoms with Crippen LogP contribution < -0.4 is 5.32 Å². The van der Waals surface area contributed by atoms with Gasteiger partial charge in [0, 0.05) is 19.6 Å². The van der Waals surface area contributed by atoms with Crippen LogP contribution >= 0.6 is 11.3 Å². The number of hydrogen-bond acceptors (Lipinski definition) is 4. The van der Waals surface area contributed by atoms with Gasteiger partial charge in [-0.25, -0.2) is 8.42 Å². The first kappa shape index (κ1) is 19.1. The van der Waals surface area contributed by atoms with Crippen LogP contribution in [0.3, 0.4) is 0 Å². The summed E-state index contributed by atoms with van der Waals surface area (Å²) in [5.41, 5.74) is 2.39. The summed E-state index contributed by atoms with van der Waals surface area (Å²) in [6.07, 6.45) is 2.21. The Hall–Kier alpha value is -1.70. The van der Waals surface area contributed by atoms with Gasteiger partial charge in [0.05, 0.1) is 5.92 Å². The molecule has 1 aromatic carbocycles. The molecule has 1 fully saturated rings. The van der Waals surface area contributed by atoms with Gasteiger partial charge >= 0.3 is 0 Å². The number of hydrogen-bond donors (Lipinski definition) is 1. The molecule has 1 aliphatic rings. The first-order valence-electron chi connectivity index (χ1n) is 8.84. The smallest absolute Gasteiger partial charge is 0.252 e. The molecule has 1 aliphatic heterocycles. The zero-order valence-electron chi connectivity index (χ0n) is 14.8. The van der Waals surface area contributed by atoms with Crippen LogP contribution in [0.2, 0.25) is 0 Å². The van der Waals surface area contributed by atoms with Crippen molar-refractivity contribution in [3.8, 4) is 0 Å². The maximum Gasteiger partial charge on any atom is 0.252 e. The highest BCUT2D eigenvalue weighted by molar-refractivity contribution is 7.91. The molecule has 1 N–H and O–H groups in total. The van der Waals surface area contributed by atoms with Gasteiger partial charge in [0.25, 0.3) is 10.0 Å². The Morgan fingerprint density at radius 1 is 1.31 bits per heavy atom. The van der Waals surface area contributed by atoms with Crippen LogP contribution in [0.25, 0.3) is 0 Å². The number of amides is 1. The van der Waals surface area contributed by atoms with Gasteiger partial charge in [0.1, 0.15) is 4.21 Å². The third-order valence-electron chi connectivity index (χ3n) is 4.64. The van der Waals surface area contributed by atoms with Crippen LogP contribution in [-0.2, 0) is 21.2 Å². The number of nitrogens with zero attached hydrogens (tertiary/aromatic N) is 1. The lowest BCUT2D eigenvalue weighted by molar-refractivity contribution is -0.126. The summed E-state index contributed by atoms with van der Waals surface area (Å²) < 4.78 is 27.1. The molecule has 1 saturated heterocycles. The summed E-state index contributed by atoms with van der Waals surface area (Å²) in [5, 5.41) is 4.73. The second-order valence-corrected chi connectivity index (χ2v) is 9.78. The van der Waals surface area contributed by atoms with E-state index in [2.05, 4.69) is 17.4 Å². The molecule has 0 aliphatic carbocycles. The standard InChI is InChI=1S/C19H24N2O3S2/c1-15-5-2-6-16(13-15)9-10-20-19(22)17-7-3-11-21(14-17)26(23,24)18-8-4-12-25-18/h2,4-6,8,12-13,17H,3,7,9-11,14H2,1H3,(H,20,22)/t17-/m1/s1. The van der Waals surface area contributed by atoms with Crippen LogP contribution in [0.4, 0.5) is 0 Å². The van der Waals surface area contributed by atoms with Crippen molar-refractivity contribution in [2.24, 2.45) is 5.92 Å². The minimum Gasteiger partial charge on any atom is -0.355 e. The van der Waals surface area contributed by atoms with Gasteiger partial charge in [0.2, 0.25) is 5.91 Å². The van der Waals surface area contributed by atoms with Gasteiger partial charge < -0.3 is 5.32 Å². The van der Waals surface area contributed by atoms with Crippen LogP contribution in [0.15, 0.2) is 46.0 Å². The number of sulfonamides is 1. The van der Waals surface area contributed by atoms with Crippen LogP contribution in [0.5, 0.6) is 0 Å². The largest absolute Gasteiger partial charge is 0.355 e. The van der Waals surface area contributed by atoms with Crippen LogP contribution in [0.1, 0.15) is 24.0 Å². The molecular weight excluding hydrogens is 368 g/mol. The Bertz CT molecular complexity index is 847. The highest BCUT2D eigenvalue weighted by atomic mass is 32.2. The number of piperidine rings is 1. The zero-order chi connectivity index (χ0) is 18.6. The van der Waals surface area contributed by atoms with E-state index in [0.717, 1.165) is 12.8 Å². The van der Waals surface area contributed by atoms with Crippen molar-refractivity contribution >= 4 is 27.3 Å². The average molecular weight is 393 g/mol. The Labute approximate surface area is 159 Å². The molecular formula is C19H24N2O3S2. The maximum atomic E-state index is 12.7. The van der Waals surface area contributed by atoms with Gasteiger partial charge in [-0.15, -0.1) is 11.3 Å². The number of benzene rings is 1. The Morgan fingerprint density at radius 3 is 2.88 bits per heavy atom. The Morgan fingerprint density at radius 2 is 2.15 bits per heavy atom. The molecule has 1 atom stereocenters. The lowest BCUT2D eigenvalue weighted by atomic mass is 9.98. The van der Waals surface area contributed by atoms with Crippen molar-refractivity contribution in [3.63, 3.8) is 0 Å². The molecule has 2 aromatic rings. The second-order valence-electron chi connectivity index (χ2n) is 6.66. The number of carbonyl (C=O) groups is 1. The number of rotatable bonds is 6. The zero-order valence-corrected chi connectivity index (χ0v) is 16.5. The van der Waals surface area contributed by atoms with E-state index in [4.69, 9.17) is 0 Å². The molecule has 140 valence electrons. The first-order chi connectivity index (χ1) is 12.5. The predicted molar refractivity (Wildman–Crippen MR) is 104 cm³/mol. The van der Waals surface area contributed by atoms with Crippen molar-refractivity contribution in [2.45, 2.75) is 30.4 Å².